The van der Waals surface area contributed by atoms with E-state index in [1.165, 1.54) is 167 Å². The Morgan fingerprint density at radius 3 is 0.408 bits per heavy atom. The third-order valence-corrected chi connectivity index (χ3v) is 26.9. The van der Waals surface area contributed by atoms with Crippen LogP contribution >= 0.6 is 0 Å². The van der Waals surface area contributed by atoms with Crippen LogP contribution in [0.2, 0.25) is 0 Å². The van der Waals surface area contributed by atoms with Gasteiger partial charge in [-0.1, -0.05) is 500 Å². The predicted octanol–water partition coefficient (Wildman–Crippen LogP) is 41.2. The number of nitrogens with zero attached hydrogens (tertiary/aromatic N) is 3. The molecule has 0 saturated carbocycles. The summed E-state index contributed by atoms with van der Waals surface area (Å²) in [6.07, 6.45) is 0. The molecule has 24 rings (SSSR count). The van der Waals surface area contributed by atoms with Gasteiger partial charge in [-0.3, -0.25) is 0 Å². The van der Waals surface area contributed by atoms with Crippen molar-refractivity contribution < 1.29 is 0 Å². The van der Waals surface area contributed by atoms with Gasteiger partial charge in [-0.15, -0.1) is 0 Å². The highest BCUT2D eigenvalue weighted by molar-refractivity contribution is 5.99. The van der Waals surface area contributed by atoms with E-state index < -0.39 is 0 Å². The Labute approximate surface area is 865 Å². The molecule has 0 saturated heterocycles. The predicted molar refractivity (Wildman–Crippen MR) is 630 cm³/mol. The van der Waals surface area contributed by atoms with Gasteiger partial charge in [-0.05, 0) is 306 Å². The normalized spacial score (nSPS) is 10.7. The fraction of sp³-hybridized carbons (Fsp3) is 0.0139. The maximum absolute atomic E-state index is 2.42. The molecule has 702 valence electrons. The van der Waals surface area contributed by atoms with E-state index in [0.717, 1.165) is 51.2 Å². The van der Waals surface area contributed by atoms with Gasteiger partial charge in [0.2, 0.25) is 0 Å². The van der Waals surface area contributed by atoms with Crippen LogP contribution in [0.15, 0.2) is 625 Å². The zero-order chi connectivity index (χ0) is 97.1. The Hall–Kier alpha value is -19.1. The van der Waals surface area contributed by atoms with Crippen LogP contribution in [0.3, 0.4) is 0 Å². The van der Waals surface area contributed by atoms with Crippen molar-refractivity contribution in [1.29, 1.82) is 0 Å². The number of fused-ring (bicyclic) bond motifs is 1. The standard InChI is InChI=1S/C52H37N.C48H35N.C42H31N.2CH4/c1-5-16-38(17-6-1)44-32-45(39-18-7-2-8-19-39)35-49(34-44)53(48-30-28-43(29-31-48)52-27-15-25-42-24-13-14-26-51(42)52)50-36-46(40-20-9-3-10-21-40)33-47(37-50)41-22-11-4-12-23-41;1-6-16-36(17-7-1)41-26-28-46(29-27-41)49(47-32-42(37-18-8-2-9-19-37)30-43(33-47)38-20-10-3-11-21-38)48-34-44(39-22-12-4-13-23-39)31-45(35-48)40-24-14-5-15-25-40;1-5-13-32(14-6-1)36-21-25-40(26-22-36)43(41-27-23-37(24-28-41)33-15-7-2-8-16-33)42-30-38(34-17-9-3-10-18-34)29-39(31-42)35-19-11-4-12-20-35;;/h1-37H;1-35H;1-31H;2*1H4. The Balaban J connectivity index is 0.000000134. The number of hydrogen-bond acceptors (Lipinski definition) is 3. The highest BCUT2D eigenvalue weighted by atomic mass is 15.2. The van der Waals surface area contributed by atoms with Crippen molar-refractivity contribution in [2.45, 2.75) is 14.9 Å². The summed E-state index contributed by atoms with van der Waals surface area (Å²) >= 11 is 0. The summed E-state index contributed by atoms with van der Waals surface area (Å²) in [5, 5.41) is 2.50. The topological polar surface area (TPSA) is 9.72 Å². The maximum atomic E-state index is 2.42. The summed E-state index contributed by atoms with van der Waals surface area (Å²) in [6, 6.07) is 224. The lowest BCUT2D eigenvalue weighted by molar-refractivity contribution is 1.28. The molecule has 0 aliphatic rings. The quantitative estimate of drug-likeness (QED) is 0.0632. The Bertz CT molecular complexity index is 7770. The average molecular weight is 1880 g/mol. The van der Waals surface area contributed by atoms with Crippen molar-refractivity contribution in [2.24, 2.45) is 0 Å². The molecule has 3 nitrogen and oxygen atoms in total. The van der Waals surface area contributed by atoms with Gasteiger partial charge in [0.1, 0.15) is 0 Å². The second kappa shape index (κ2) is 45.7. The van der Waals surface area contributed by atoms with Crippen molar-refractivity contribution in [2.75, 3.05) is 14.7 Å². The third-order valence-electron chi connectivity index (χ3n) is 26.9. The van der Waals surface area contributed by atoms with Gasteiger partial charge in [-0.25, -0.2) is 0 Å². The van der Waals surface area contributed by atoms with Crippen molar-refractivity contribution >= 4 is 62.0 Å². The molecule has 3 heteroatoms. The van der Waals surface area contributed by atoms with Crippen LogP contribution in [-0.4, -0.2) is 0 Å². The second-order valence-corrected chi connectivity index (χ2v) is 36.3. The molecule has 0 unspecified atom stereocenters. The number of anilines is 9. The highest BCUT2D eigenvalue weighted by Gasteiger charge is 2.24. The van der Waals surface area contributed by atoms with E-state index in [-0.39, 0.29) is 14.9 Å². The van der Waals surface area contributed by atoms with Crippen LogP contribution in [0.4, 0.5) is 51.2 Å². The van der Waals surface area contributed by atoms with Crippen LogP contribution in [0.1, 0.15) is 14.9 Å². The van der Waals surface area contributed by atoms with Crippen molar-refractivity contribution in [3.8, 4) is 156 Å². The lowest BCUT2D eigenvalue weighted by Crippen LogP contribution is -2.11. The largest absolute Gasteiger partial charge is 0.310 e. The van der Waals surface area contributed by atoms with E-state index in [4.69, 9.17) is 0 Å². The van der Waals surface area contributed by atoms with Gasteiger partial charge in [0.15, 0.2) is 0 Å². The van der Waals surface area contributed by atoms with Crippen LogP contribution in [-0.2, 0) is 0 Å². The SMILES string of the molecule is C.C.c1ccc(-c2cc(-c3ccccc3)cc(N(c3ccc(-c4cccc5ccccc45)cc3)c3cc(-c4ccccc4)cc(-c4ccccc4)c3)c2)cc1.c1ccc(-c2ccc(N(c3cc(-c4ccccc4)cc(-c4ccccc4)c3)c3cc(-c4ccccc4)cc(-c4ccccc4)c3)cc2)cc1.c1ccc(-c2ccc(N(c3ccc(-c4ccccc4)cc3)c3cc(-c4ccccc4)cc(-c4ccccc4)c3)cc2)cc1. The van der Waals surface area contributed by atoms with Crippen LogP contribution in [0.5, 0.6) is 0 Å². The minimum atomic E-state index is 0. The minimum absolute atomic E-state index is 0. The summed E-state index contributed by atoms with van der Waals surface area (Å²) in [7, 11) is 0. The Morgan fingerprint density at radius 2 is 0.224 bits per heavy atom. The molecule has 0 bridgehead atoms. The van der Waals surface area contributed by atoms with Gasteiger partial charge in [0, 0.05) is 51.2 Å². The number of hydrogen-bond donors (Lipinski definition) is 0. The molecule has 0 fully saturated rings. The first-order valence-corrected chi connectivity index (χ1v) is 49.6. The molecule has 24 aromatic carbocycles. The maximum Gasteiger partial charge on any atom is 0.0473 e. The Morgan fingerprint density at radius 1 is 0.0884 bits per heavy atom. The fourth-order valence-corrected chi connectivity index (χ4v) is 19.6. The van der Waals surface area contributed by atoms with E-state index in [2.05, 4.69) is 640 Å². The minimum Gasteiger partial charge on any atom is -0.310 e. The number of benzene rings is 24. The van der Waals surface area contributed by atoms with Crippen molar-refractivity contribution in [3.05, 3.63) is 625 Å². The molecule has 24 aromatic rings. The van der Waals surface area contributed by atoms with Gasteiger partial charge < -0.3 is 14.7 Å². The van der Waals surface area contributed by atoms with E-state index in [0.29, 0.717) is 0 Å². The molecule has 0 aliphatic heterocycles. The van der Waals surface area contributed by atoms with Gasteiger partial charge in [-0.2, -0.15) is 0 Å². The first kappa shape index (κ1) is 95.5. The molecule has 0 radical (unpaired) electrons. The van der Waals surface area contributed by atoms with Crippen molar-refractivity contribution in [3.63, 3.8) is 0 Å². The van der Waals surface area contributed by atoms with Crippen molar-refractivity contribution in [1.82, 2.24) is 0 Å². The molecule has 0 aromatic heterocycles. The third kappa shape index (κ3) is 22.3. The monoisotopic (exact) mass is 1880 g/mol. The molecule has 0 heterocycles. The first-order valence-electron chi connectivity index (χ1n) is 49.6. The molecular weight excluding hydrogens is 1770 g/mol. The zero-order valence-electron chi connectivity index (χ0n) is 80.3. The molecule has 0 N–H and O–H groups in total. The summed E-state index contributed by atoms with van der Waals surface area (Å²) in [5.41, 5.74) is 43.1. The molecule has 0 spiro atoms. The molecule has 147 heavy (non-hydrogen) atoms. The van der Waals surface area contributed by atoms with E-state index in [1.54, 1.807) is 0 Å². The van der Waals surface area contributed by atoms with Crippen LogP contribution < -0.4 is 14.7 Å². The molecule has 0 atom stereocenters. The van der Waals surface area contributed by atoms with E-state index >= 15 is 0 Å². The number of rotatable bonds is 23. The first-order chi connectivity index (χ1) is 71.9. The second-order valence-electron chi connectivity index (χ2n) is 36.3. The fourth-order valence-electron chi connectivity index (χ4n) is 19.6. The van der Waals surface area contributed by atoms with Crippen LogP contribution in [0.25, 0.3) is 167 Å². The van der Waals surface area contributed by atoms with Gasteiger partial charge in [0.05, 0.1) is 0 Å². The van der Waals surface area contributed by atoms with Crippen LogP contribution in [0, 0.1) is 0 Å². The lowest BCUT2D eigenvalue weighted by atomic mass is 9.95. The summed E-state index contributed by atoms with van der Waals surface area (Å²) < 4.78 is 0. The Kier molecular flexibility index (Phi) is 29.7. The van der Waals surface area contributed by atoms with Gasteiger partial charge >= 0.3 is 0 Å². The smallest absolute Gasteiger partial charge is 0.0473 e. The lowest BCUT2D eigenvalue weighted by Gasteiger charge is -2.28. The molecule has 0 aliphatic carbocycles. The van der Waals surface area contributed by atoms with E-state index in [1.807, 2.05) is 0 Å². The van der Waals surface area contributed by atoms with E-state index in [9.17, 15) is 0 Å². The zero-order valence-corrected chi connectivity index (χ0v) is 80.3. The molecular formula is C144H111N3. The molecule has 0 amide bonds. The average Bonchev–Trinajstić information content (AvgIpc) is 0.792. The van der Waals surface area contributed by atoms with Gasteiger partial charge in [0.25, 0.3) is 0 Å². The highest BCUT2D eigenvalue weighted by Crippen LogP contribution is 2.49. The summed E-state index contributed by atoms with van der Waals surface area (Å²) in [6.45, 7) is 0. The summed E-state index contributed by atoms with van der Waals surface area (Å²) in [5.74, 6) is 0. The summed E-state index contributed by atoms with van der Waals surface area (Å²) in [4.78, 5) is 7.19.